The third-order valence-electron chi connectivity index (χ3n) is 2.36. The second-order valence-electron chi connectivity index (χ2n) is 3.96. The minimum Gasteiger partial charge on any atom is -0.307 e. The molecule has 0 radical (unpaired) electrons. The molecule has 20 heavy (non-hydrogen) atoms. The Balaban J connectivity index is 1.89. The van der Waals surface area contributed by atoms with Crippen LogP contribution in [0.5, 0.6) is 0 Å². The van der Waals surface area contributed by atoms with Gasteiger partial charge in [-0.05, 0) is 52.7 Å². The largest absolute Gasteiger partial charge is 0.339 e. The SMILES string of the molecule is Cc1cc(NC(=O)N/N=C/c2cc(Br)cs2)ccc1Br. The number of nitrogens with one attached hydrogen (secondary N) is 2. The fourth-order valence-corrected chi connectivity index (χ4v) is 2.98. The Morgan fingerprint density at radius 3 is 2.80 bits per heavy atom. The van der Waals surface area contributed by atoms with Gasteiger partial charge in [0.05, 0.1) is 6.21 Å². The van der Waals surface area contributed by atoms with E-state index in [0.717, 1.165) is 25.1 Å². The molecule has 0 spiro atoms. The number of carbonyl (C=O) groups excluding carboxylic acids is 1. The molecular formula is C13H11Br2N3OS. The van der Waals surface area contributed by atoms with Crippen molar-refractivity contribution in [1.29, 1.82) is 0 Å². The number of hydrogen-bond acceptors (Lipinski definition) is 3. The lowest BCUT2D eigenvalue weighted by atomic mass is 10.2. The quantitative estimate of drug-likeness (QED) is 0.551. The van der Waals surface area contributed by atoms with E-state index in [1.165, 1.54) is 11.3 Å². The first-order valence-electron chi connectivity index (χ1n) is 5.65. The van der Waals surface area contributed by atoms with Crippen molar-refractivity contribution in [3.63, 3.8) is 0 Å². The van der Waals surface area contributed by atoms with Gasteiger partial charge in [0, 0.05) is 24.9 Å². The molecule has 2 N–H and O–H groups in total. The number of benzene rings is 1. The lowest BCUT2D eigenvalue weighted by Crippen LogP contribution is -2.24. The molecule has 104 valence electrons. The summed E-state index contributed by atoms with van der Waals surface area (Å²) in [6, 6.07) is 7.13. The van der Waals surface area contributed by atoms with Gasteiger partial charge in [-0.3, -0.25) is 0 Å². The van der Waals surface area contributed by atoms with Gasteiger partial charge in [-0.1, -0.05) is 15.9 Å². The van der Waals surface area contributed by atoms with Crippen LogP contribution in [0.1, 0.15) is 10.4 Å². The summed E-state index contributed by atoms with van der Waals surface area (Å²) in [6.45, 7) is 1.96. The number of carbonyl (C=O) groups is 1. The first-order valence-corrected chi connectivity index (χ1v) is 8.11. The fraction of sp³-hybridized carbons (Fsp3) is 0.0769. The van der Waals surface area contributed by atoms with Crippen LogP contribution in [0.4, 0.5) is 10.5 Å². The topological polar surface area (TPSA) is 53.5 Å². The highest BCUT2D eigenvalue weighted by atomic mass is 79.9. The molecule has 1 heterocycles. The minimum absolute atomic E-state index is 0.376. The molecule has 7 heteroatoms. The predicted molar refractivity (Wildman–Crippen MR) is 90.6 cm³/mol. The van der Waals surface area contributed by atoms with Crippen molar-refractivity contribution in [2.24, 2.45) is 5.10 Å². The maximum Gasteiger partial charge on any atom is 0.339 e. The van der Waals surface area contributed by atoms with Crippen LogP contribution in [0.2, 0.25) is 0 Å². The van der Waals surface area contributed by atoms with Gasteiger partial charge in [0.2, 0.25) is 0 Å². The number of thiophene rings is 1. The normalized spacial score (nSPS) is 10.8. The van der Waals surface area contributed by atoms with E-state index in [9.17, 15) is 4.79 Å². The Morgan fingerprint density at radius 2 is 2.15 bits per heavy atom. The number of amides is 2. The highest BCUT2D eigenvalue weighted by Crippen LogP contribution is 2.20. The van der Waals surface area contributed by atoms with Crippen molar-refractivity contribution >= 4 is 61.1 Å². The zero-order valence-electron chi connectivity index (χ0n) is 10.5. The second kappa shape index (κ2) is 7.01. The van der Waals surface area contributed by atoms with Gasteiger partial charge in [0.1, 0.15) is 0 Å². The van der Waals surface area contributed by atoms with Crippen molar-refractivity contribution in [2.75, 3.05) is 5.32 Å². The van der Waals surface area contributed by atoms with Crippen molar-refractivity contribution in [1.82, 2.24) is 5.43 Å². The van der Waals surface area contributed by atoms with E-state index < -0.39 is 0 Å². The number of hydrogen-bond donors (Lipinski definition) is 2. The molecule has 0 aliphatic heterocycles. The van der Waals surface area contributed by atoms with E-state index in [0.29, 0.717) is 0 Å². The van der Waals surface area contributed by atoms with Gasteiger partial charge in [0.15, 0.2) is 0 Å². The molecule has 0 aliphatic carbocycles. The number of urea groups is 1. The molecule has 0 unspecified atom stereocenters. The average molecular weight is 417 g/mol. The molecule has 1 aromatic heterocycles. The van der Waals surface area contributed by atoms with Gasteiger partial charge in [-0.15, -0.1) is 11.3 Å². The van der Waals surface area contributed by atoms with Gasteiger partial charge in [-0.2, -0.15) is 5.10 Å². The summed E-state index contributed by atoms with van der Waals surface area (Å²) in [4.78, 5) is 12.6. The average Bonchev–Trinajstić information content (AvgIpc) is 2.80. The third-order valence-corrected chi connectivity index (χ3v) is 4.88. The Morgan fingerprint density at radius 1 is 1.35 bits per heavy atom. The standard InChI is InChI=1S/C13H11Br2N3OS/c1-8-4-10(2-3-12(8)15)17-13(19)18-16-6-11-5-9(14)7-20-11/h2-7H,1H3,(H2,17,18,19)/b16-6+. The summed E-state index contributed by atoms with van der Waals surface area (Å²) in [5.74, 6) is 0. The highest BCUT2D eigenvalue weighted by Gasteiger charge is 2.02. The molecule has 0 fully saturated rings. The van der Waals surface area contributed by atoms with Crippen molar-refractivity contribution in [3.05, 3.63) is 49.0 Å². The molecule has 0 bridgehead atoms. The number of rotatable bonds is 3. The van der Waals surface area contributed by atoms with Crippen LogP contribution >= 0.6 is 43.2 Å². The van der Waals surface area contributed by atoms with Crippen LogP contribution in [0.25, 0.3) is 0 Å². The maximum absolute atomic E-state index is 11.7. The predicted octanol–water partition coefficient (Wildman–Crippen LogP) is 4.74. The van der Waals surface area contributed by atoms with Crippen molar-refractivity contribution < 1.29 is 4.79 Å². The van der Waals surface area contributed by atoms with Crippen LogP contribution in [-0.4, -0.2) is 12.2 Å². The minimum atomic E-state index is -0.376. The number of anilines is 1. The number of hydrazone groups is 1. The zero-order valence-corrected chi connectivity index (χ0v) is 14.5. The van der Waals surface area contributed by atoms with Crippen molar-refractivity contribution in [2.45, 2.75) is 6.92 Å². The smallest absolute Gasteiger partial charge is 0.307 e. The molecule has 2 aromatic rings. The molecule has 0 saturated carbocycles. The first kappa shape index (κ1) is 15.2. The monoisotopic (exact) mass is 415 g/mol. The van der Waals surface area contributed by atoms with Crippen LogP contribution in [-0.2, 0) is 0 Å². The molecule has 0 atom stereocenters. The summed E-state index contributed by atoms with van der Waals surface area (Å²) in [6.07, 6.45) is 1.60. The van der Waals surface area contributed by atoms with E-state index in [1.54, 1.807) is 6.21 Å². The molecule has 0 aliphatic rings. The summed E-state index contributed by atoms with van der Waals surface area (Å²) in [7, 11) is 0. The van der Waals surface area contributed by atoms with Crippen LogP contribution in [0.3, 0.4) is 0 Å². The molecular weight excluding hydrogens is 406 g/mol. The lowest BCUT2D eigenvalue weighted by molar-refractivity contribution is 0.252. The first-order chi connectivity index (χ1) is 9.54. The van der Waals surface area contributed by atoms with Crippen LogP contribution in [0.15, 0.2) is 43.7 Å². The molecule has 2 rings (SSSR count). The maximum atomic E-state index is 11.7. The Labute approximate surface area is 137 Å². The third kappa shape index (κ3) is 4.43. The fourth-order valence-electron chi connectivity index (χ4n) is 1.43. The molecule has 1 aromatic carbocycles. The Hall–Kier alpha value is -1.18. The summed E-state index contributed by atoms with van der Waals surface area (Å²) >= 11 is 8.30. The van der Waals surface area contributed by atoms with Gasteiger partial charge < -0.3 is 5.32 Å². The Bertz CT molecular complexity index is 655. The number of halogens is 2. The highest BCUT2D eigenvalue weighted by molar-refractivity contribution is 9.10. The van der Waals surface area contributed by atoms with E-state index in [1.807, 2.05) is 36.6 Å². The Kier molecular flexibility index (Phi) is 5.33. The van der Waals surface area contributed by atoms with Gasteiger partial charge in [0.25, 0.3) is 0 Å². The molecule has 4 nitrogen and oxygen atoms in total. The van der Waals surface area contributed by atoms with E-state index >= 15 is 0 Å². The number of nitrogens with zero attached hydrogens (tertiary/aromatic N) is 1. The summed E-state index contributed by atoms with van der Waals surface area (Å²) < 4.78 is 2.00. The molecule has 2 amide bonds. The van der Waals surface area contributed by atoms with Crippen molar-refractivity contribution in [3.8, 4) is 0 Å². The van der Waals surface area contributed by atoms with Gasteiger partial charge >= 0.3 is 6.03 Å². The second-order valence-corrected chi connectivity index (χ2v) is 6.67. The zero-order chi connectivity index (χ0) is 14.5. The van der Waals surface area contributed by atoms with Crippen LogP contribution in [0, 0.1) is 6.92 Å². The van der Waals surface area contributed by atoms with Gasteiger partial charge in [-0.25, -0.2) is 10.2 Å². The van der Waals surface area contributed by atoms with Crippen LogP contribution < -0.4 is 10.7 Å². The number of aryl methyl sites for hydroxylation is 1. The lowest BCUT2D eigenvalue weighted by Gasteiger charge is -2.05. The summed E-state index contributed by atoms with van der Waals surface area (Å²) in [5, 5.41) is 8.55. The van der Waals surface area contributed by atoms with E-state index in [2.05, 4.69) is 47.7 Å². The summed E-state index contributed by atoms with van der Waals surface area (Å²) in [5.41, 5.74) is 4.19. The van der Waals surface area contributed by atoms with E-state index in [-0.39, 0.29) is 6.03 Å². The molecule has 0 saturated heterocycles. The van der Waals surface area contributed by atoms with E-state index in [4.69, 9.17) is 0 Å².